The monoisotopic (exact) mass is 341 g/mol. The van der Waals surface area contributed by atoms with Crippen molar-refractivity contribution in [2.75, 3.05) is 18.0 Å². The van der Waals surface area contributed by atoms with Crippen LogP contribution < -0.4 is 9.47 Å². The van der Waals surface area contributed by atoms with Gasteiger partial charge in [0.05, 0.1) is 5.39 Å². The van der Waals surface area contributed by atoms with Crippen LogP contribution in [-0.4, -0.2) is 13.1 Å². The van der Waals surface area contributed by atoms with E-state index in [4.69, 9.17) is 0 Å². The fourth-order valence-electron chi connectivity index (χ4n) is 4.65. The number of benzene rings is 2. The van der Waals surface area contributed by atoms with E-state index < -0.39 is 0 Å². The fraction of sp³-hybridized carbons (Fsp3) is 0.292. The van der Waals surface area contributed by atoms with Crippen LogP contribution in [0.25, 0.3) is 23.1 Å². The first-order valence-electron chi connectivity index (χ1n) is 9.76. The molecule has 0 bridgehead atoms. The zero-order valence-corrected chi connectivity index (χ0v) is 15.4. The number of nitrogens with zero attached hydrogens (tertiary/aromatic N) is 2. The molecule has 1 aromatic heterocycles. The lowest BCUT2D eigenvalue weighted by Gasteiger charge is -2.37. The molecule has 2 nitrogen and oxygen atoms in total. The maximum absolute atomic E-state index is 2.61. The van der Waals surface area contributed by atoms with Crippen LogP contribution in [0.4, 0.5) is 5.69 Å². The van der Waals surface area contributed by atoms with Crippen LogP contribution in [0, 0.1) is 0 Å². The van der Waals surface area contributed by atoms with Crippen molar-refractivity contribution >= 4 is 28.7 Å². The van der Waals surface area contributed by atoms with Crippen molar-refractivity contribution in [1.82, 2.24) is 0 Å². The van der Waals surface area contributed by atoms with E-state index in [2.05, 4.69) is 77.3 Å². The Hall–Kier alpha value is -2.61. The normalized spacial score (nSPS) is 16.3. The molecule has 0 amide bonds. The molecule has 0 atom stereocenters. The molecule has 0 N–H and O–H groups in total. The minimum absolute atomic E-state index is 1.23. The Balaban J connectivity index is 1.56. The molecule has 3 heterocycles. The summed E-state index contributed by atoms with van der Waals surface area (Å²) in [6.07, 6.45) is 11.8. The summed E-state index contributed by atoms with van der Waals surface area (Å²) >= 11 is 0. The fourth-order valence-corrected chi connectivity index (χ4v) is 4.65. The van der Waals surface area contributed by atoms with E-state index in [0.717, 1.165) is 0 Å². The molecule has 2 heteroatoms. The molecule has 130 valence electrons. The van der Waals surface area contributed by atoms with Crippen molar-refractivity contribution in [3.05, 3.63) is 70.9 Å². The number of hydrogen-bond acceptors (Lipinski definition) is 1. The molecule has 0 saturated carbocycles. The summed E-state index contributed by atoms with van der Waals surface area (Å²) in [5, 5.41) is 1.30. The summed E-state index contributed by atoms with van der Waals surface area (Å²) in [7, 11) is 2.11. The lowest BCUT2D eigenvalue weighted by molar-refractivity contribution is -0.644. The van der Waals surface area contributed by atoms with E-state index in [0.29, 0.717) is 0 Å². The molecule has 26 heavy (non-hydrogen) atoms. The molecule has 0 fully saturated rings. The molecule has 2 aromatic carbocycles. The molecular formula is C24H25N2+. The van der Waals surface area contributed by atoms with Crippen LogP contribution in [0.3, 0.4) is 0 Å². The second-order valence-corrected chi connectivity index (χ2v) is 7.61. The molecule has 0 aliphatic carbocycles. The molecule has 0 spiro atoms. The minimum Gasteiger partial charge on any atom is -0.371 e. The molecule has 5 rings (SSSR count). The van der Waals surface area contributed by atoms with Crippen molar-refractivity contribution < 1.29 is 4.57 Å². The third kappa shape index (κ3) is 2.61. The number of pyridine rings is 1. The predicted molar refractivity (Wildman–Crippen MR) is 109 cm³/mol. The first-order valence-corrected chi connectivity index (χ1v) is 9.76. The SMILES string of the molecule is C[n+]1ccc(/C=C/c2cc3c4c(c2)CCCN4CCC3)c2ccccc21. The molecule has 2 aliphatic heterocycles. The smallest absolute Gasteiger partial charge is 0.212 e. The van der Waals surface area contributed by atoms with Crippen LogP contribution in [0.15, 0.2) is 48.7 Å². The molecule has 0 saturated heterocycles. The van der Waals surface area contributed by atoms with Crippen LogP contribution in [0.5, 0.6) is 0 Å². The largest absolute Gasteiger partial charge is 0.371 e. The Morgan fingerprint density at radius 3 is 2.42 bits per heavy atom. The van der Waals surface area contributed by atoms with Crippen molar-refractivity contribution in [2.24, 2.45) is 7.05 Å². The first-order chi connectivity index (χ1) is 12.8. The lowest BCUT2D eigenvalue weighted by Crippen LogP contribution is -2.34. The quantitative estimate of drug-likeness (QED) is 0.621. The van der Waals surface area contributed by atoms with E-state index in [1.54, 1.807) is 16.8 Å². The number of para-hydroxylation sites is 1. The van der Waals surface area contributed by atoms with Gasteiger partial charge in [-0.1, -0.05) is 24.3 Å². The van der Waals surface area contributed by atoms with Crippen LogP contribution in [0.1, 0.15) is 35.1 Å². The average molecular weight is 341 g/mol. The standard InChI is InChI=1S/C24H25N2/c1-25-15-12-19(22-8-2-3-9-23(22)25)11-10-18-16-20-6-4-13-26-14-5-7-21(17-18)24(20)26/h2-3,8-12,15-17H,4-7,13-14H2,1H3/q+1. The highest BCUT2D eigenvalue weighted by atomic mass is 15.1. The van der Waals surface area contributed by atoms with Crippen LogP contribution in [0.2, 0.25) is 0 Å². The number of fused-ring (bicyclic) bond motifs is 1. The van der Waals surface area contributed by atoms with Gasteiger partial charge in [-0.05, 0) is 66.1 Å². The lowest BCUT2D eigenvalue weighted by atomic mass is 9.90. The Kier molecular flexibility index (Phi) is 3.77. The Labute approximate surface area is 155 Å². The van der Waals surface area contributed by atoms with E-state index in [1.807, 2.05) is 0 Å². The molecule has 2 aliphatic rings. The summed E-state index contributed by atoms with van der Waals surface area (Å²) in [5.41, 5.74) is 8.56. The van der Waals surface area contributed by atoms with Gasteiger partial charge in [0.2, 0.25) is 5.52 Å². The topological polar surface area (TPSA) is 7.12 Å². The Morgan fingerprint density at radius 2 is 1.65 bits per heavy atom. The van der Waals surface area contributed by atoms with Gasteiger partial charge in [-0.15, -0.1) is 0 Å². The van der Waals surface area contributed by atoms with E-state index in [-0.39, 0.29) is 0 Å². The summed E-state index contributed by atoms with van der Waals surface area (Å²) in [6.45, 7) is 2.48. The highest BCUT2D eigenvalue weighted by Gasteiger charge is 2.23. The van der Waals surface area contributed by atoms with Crippen LogP contribution >= 0.6 is 0 Å². The van der Waals surface area contributed by atoms with Gasteiger partial charge >= 0.3 is 0 Å². The molecule has 0 unspecified atom stereocenters. The predicted octanol–water partition coefficient (Wildman–Crippen LogP) is 4.53. The van der Waals surface area contributed by atoms with Gasteiger partial charge in [-0.3, -0.25) is 0 Å². The number of hydrogen-bond donors (Lipinski definition) is 0. The highest BCUT2D eigenvalue weighted by Crippen LogP contribution is 2.36. The zero-order chi connectivity index (χ0) is 17.5. The Bertz CT molecular complexity index is 985. The third-order valence-corrected chi connectivity index (χ3v) is 5.88. The number of anilines is 1. The van der Waals surface area contributed by atoms with E-state index in [1.165, 1.54) is 60.8 Å². The van der Waals surface area contributed by atoms with Gasteiger partial charge in [0.15, 0.2) is 6.20 Å². The number of aromatic nitrogens is 1. The van der Waals surface area contributed by atoms with E-state index >= 15 is 0 Å². The van der Waals surface area contributed by atoms with Gasteiger partial charge in [0.1, 0.15) is 7.05 Å². The number of rotatable bonds is 2. The zero-order valence-electron chi connectivity index (χ0n) is 15.4. The molecule has 0 radical (unpaired) electrons. The summed E-state index contributed by atoms with van der Waals surface area (Å²) in [6, 6.07) is 15.7. The first kappa shape index (κ1) is 15.6. The average Bonchev–Trinajstić information content (AvgIpc) is 2.68. The van der Waals surface area contributed by atoms with Crippen LogP contribution in [-0.2, 0) is 19.9 Å². The summed E-state index contributed by atoms with van der Waals surface area (Å²) in [4.78, 5) is 2.61. The second-order valence-electron chi connectivity index (χ2n) is 7.61. The second kappa shape index (κ2) is 6.28. The highest BCUT2D eigenvalue weighted by molar-refractivity contribution is 5.89. The molecular weight excluding hydrogens is 316 g/mol. The van der Waals surface area contributed by atoms with Gasteiger partial charge in [-0.2, -0.15) is 0 Å². The summed E-state index contributed by atoms with van der Waals surface area (Å²) in [5.74, 6) is 0. The van der Waals surface area contributed by atoms with Crippen molar-refractivity contribution in [2.45, 2.75) is 25.7 Å². The van der Waals surface area contributed by atoms with Gasteiger partial charge in [-0.25, -0.2) is 4.57 Å². The van der Waals surface area contributed by atoms with Gasteiger partial charge in [0, 0.05) is 30.9 Å². The third-order valence-electron chi connectivity index (χ3n) is 5.88. The van der Waals surface area contributed by atoms with E-state index in [9.17, 15) is 0 Å². The minimum atomic E-state index is 1.23. The van der Waals surface area contributed by atoms with Gasteiger partial charge < -0.3 is 4.90 Å². The number of aryl methyl sites for hydroxylation is 3. The van der Waals surface area contributed by atoms with Crippen molar-refractivity contribution in [3.8, 4) is 0 Å². The van der Waals surface area contributed by atoms with Crippen molar-refractivity contribution in [1.29, 1.82) is 0 Å². The maximum atomic E-state index is 2.61. The van der Waals surface area contributed by atoms with Gasteiger partial charge in [0.25, 0.3) is 0 Å². The van der Waals surface area contributed by atoms with Crippen molar-refractivity contribution in [3.63, 3.8) is 0 Å². The Morgan fingerprint density at radius 1 is 0.923 bits per heavy atom. The summed E-state index contributed by atoms with van der Waals surface area (Å²) < 4.78 is 2.18. The maximum Gasteiger partial charge on any atom is 0.212 e. The molecule has 3 aromatic rings.